The number of hydrogen-bond donors (Lipinski definition) is 0. The molecular formula is C33H19N5. The van der Waals surface area contributed by atoms with Crippen molar-refractivity contribution in [2.75, 3.05) is 0 Å². The van der Waals surface area contributed by atoms with Crippen molar-refractivity contribution in [2.45, 2.75) is 0 Å². The lowest BCUT2D eigenvalue weighted by atomic mass is 9.93. The van der Waals surface area contributed by atoms with Crippen molar-refractivity contribution in [3.8, 4) is 22.9 Å². The summed E-state index contributed by atoms with van der Waals surface area (Å²) in [6.07, 6.45) is 3.37. The van der Waals surface area contributed by atoms with Gasteiger partial charge in [0, 0.05) is 22.5 Å². The molecule has 0 atom stereocenters. The molecule has 0 radical (unpaired) electrons. The Bertz CT molecular complexity index is 2200. The molecule has 8 rings (SSSR count). The molecule has 0 bridgehead atoms. The Labute approximate surface area is 217 Å². The Kier molecular flexibility index (Phi) is 4.45. The maximum atomic E-state index is 4.94. The van der Waals surface area contributed by atoms with Gasteiger partial charge < -0.3 is 0 Å². The van der Waals surface area contributed by atoms with Crippen molar-refractivity contribution in [1.29, 1.82) is 0 Å². The first-order valence-electron chi connectivity index (χ1n) is 12.5. The van der Waals surface area contributed by atoms with E-state index in [9.17, 15) is 0 Å². The van der Waals surface area contributed by atoms with E-state index in [0.29, 0.717) is 17.3 Å². The van der Waals surface area contributed by atoms with Crippen LogP contribution in [0.3, 0.4) is 0 Å². The van der Waals surface area contributed by atoms with Crippen LogP contribution in [0, 0.1) is 0 Å². The first kappa shape index (κ1) is 20.9. The summed E-state index contributed by atoms with van der Waals surface area (Å²) in [5.74, 6) is 1.16. The number of rotatable bonds is 2. The van der Waals surface area contributed by atoms with Gasteiger partial charge in [0.15, 0.2) is 11.6 Å². The predicted molar refractivity (Wildman–Crippen MR) is 154 cm³/mol. The molecule has 3 heterocycles. The van der Waals surface area contributed by atoms with Gasteiger partial charge in [-0.05, 0) is 50.5 Å². The zero-order valence-corrected chi connectivity index (χ0v) is 20.2. The van der Waals surface area contributed by atoms with Crippen LogP contribution < -0.4 is 0 Å². The van der Waals surface area contributed by atoms with E-state index in [1.165, 1.54) is 21.5 Å². The molecule has 0 spiro atoms. The van der Waals surface area contributed by atoms with Crippen LogP contribution >= 0.6 is 0 Å². The lowest BCUT2D eigenvalue weighted by molar-refractivity contribution is 1.06. The van der Waals surface area contributed by atoms with Gasteiger partial charge in [-0.2, -0.15) is 0 Å². The fourth-order valence-electron chi connectivity index (χ4n) is 5.46. The van der Waals surface area contributed by atoms with Crippen LogP contribution in [-0.2, 0) is 0 Å². The van der Waals surface area contributed by atoms with E-state index < -0.39 is 0 Å². The molecule has 38 heavy (non-hydrogen) atoms. The molecule has 0 amide bonds. The third-order valence-corrected chi connectivity index (χ3v) is 7.22. The van der Waals surface area contributed by atoms with Crippen molar-refractivity contribution in [3.05, 3.63) is 116 Å². The Morgan fingerprint density at radius 2 is 1.13 bits per heavy atom. The Morgan fingerprint density at radius 3 is 2.05 bits per heavy atom. The topological polar surface area (TPSA) is 64.5 Å². The summed E-state index contributed by atoms with van der Waals surface area (Å²) in [6, 6.07) is 35.7. The Balaban J connectivity index is 1.35. The highest BCUT2D eigenvalue weighted by Gasteiger charge is 2.15. The second-order valence-corrected chi connectivity index (χ2v) is 9.40. The third kappa shape index (κ3) is 3.15. The first-order valence-corrected chi connectivity index (χ1v) is 12.5. The zero-order valence-electron chi connectivity index (χ0n) is 20.2. The standard InChI is InChI=1S/C33H19N5/c1-2-8-24-20(6-1)11-14-23-18-27(25-9-3-4-10-26(25)29(23)24)32-35-19-36-33(38-32)28-16-15-22-13-12-21-7-5-17-34-30(21)31(22)37-28/h1-19H. The van der Waals surface area contributed by atoms with Crippen molar-refractivity contribution in [3.63, 3.8) is 0 Å². The molecule has 8 aromatic rings. The molecule has 0 unspecified atom stereocenters. The molecule has 0 N–H and O–H groups in total. The van der Waals surface area contributed by atoms with Gasteiger partial charge in [-0.25, -0.2) is 19.9 Å². The monoisotopic (exact) mass is 485 g/mol. The highest BCUT2D eigenvalue weighted by molar-refractivity contribution is 6.23. The van der Waals surface area contributed by atoms with Gasteiger partial charge in [0.25, 0.3) is 0 Å². The highest BCUT2D eigenvalue weighted by atomic mass is 15.0. The molecule has 0 fully saturated rings. The first-order chi connectivity index (χ1) is 18.8. The fourth-order valence-corrected chi connectivity index (χ4v) is 5.46. The van der Waals surface area contributed by atoms with Gasteiger partial charge in [0.05, 0.1) is 11.0 Å². The number of aromatic nitrogens is 5. The second kappa shape index (κ2) is 8.11. The van der Waals surface area contributed by atoms with Crippen LogP contribution in [0.5, 0.6) is 0 Å². The Hall–Kier alpha value is -5.29. The van der Waals surface area contributed by atoms with Crippen LogP contribution in [0.15, 0.2) is 116 Å². The lowest BCUT2D eigenvalue weighted by Gasteiger charge is -2.12. The average molecular weight is 486 g/mol. The highest BCUT2D eigenvalue weighted by Crippen LogP contribution is 2.37. The van der Waals surface area contributed by atoms with Gasteiger partial charge in [-0.15, -0.1) is 0 Å². The minimum atomic E-state index is 0.535. The molecule has 3 aromatic heterocycles. The van der Waals surface area contributed by atoms with E-state index in [-0.39, 0.29) is 0 Å². The van der Waals surface area contributed by atoms with Crippen molar-refractivity contribution in [2.24, 2.45) is 0 Å². The predicted octanol–water partition coefficient (Wildman–Crippen LogP) is 7.76. The molecular weight excluding hydrogens is 466 g/mol. The molecule has 0 saturated carbocycles. The van der Waals surface area contributed by atoms with Gasteiger partial charge in [0.1, 0.15) is 12.0 Å². The van der Waals surface area contributed by atoms with Crippen LogP contribution in [0.2, 0.25) is 0 Å². The second-order valence-electron chi connectivity index (χ2n) is 9.40. The van der Waals surface area contributed by atoms with Crippen LogP contribution in [-0.4, -0.2) is 24.9 Å². The zero-order chi connectivity index (χ0) is 25.1. The van der Waals surface area contributed by atoms with Crippen molar-refractivity contribution < 1.29 is 0 Å². The molecule has 5 aromatic carbocycles. The fraction of sp³-hybridized carbons (Fsp3) is 0. The number of hydrogen-bond acceptors (Lipinski definition) is 5. The van der Waals surface area contributed by atoms with E-state index >= 15 is 0 Å². The summed E-state index contributed by atoms with van der Waals surface area (Å²) in [5.41, 5.74) is 3.37. The molecule has 0 aliphatic carbocycles. The summed E-state index contributed by atoms with van der Waals surface area (Å²) < 4.78 is 0. The Morgan fingerprint density at radius 1 is 0.447 bits per heavy atom. The number of nitrogens with zero attached hydrogens (tertiary/aromatic N) is 5. The van der Waals surface area contributed by atoms with Gasteiger partial charge in [0.2, 0.25) is 0 Å². The van der Waals surface area contributed by atoms with Gasteiger partial charge in [-0.3, -0.25) is 4.98 Å². The summed E-state index contributed by atoms with van der Waals surface area (Å²) in [6.45, 7) is 0. The molecule has 0 aliphatic rings. The minimum absolute atomic E-state index is 0.535. The average Bonchev–Trinajstić information content (AvgIpc) is 3.00. The van der Waals surface area contributed by atoms with Gasteiger partial charge >= 0.3 is 0 Å². The normalized spacial score (nSPS) is 11.7. The maximum absolute atomic E-state index is 4.94. The molecule has 5 heteroatoms. The van der Waals surface area contributed by atoms with Crippen molar-refractivity contribution >= 4 is 54.1 Å². The molecule has 5 nitrogen and oxygen atoms in total. The maximum Gasteiger partial charge on any atom is 0.181 e. The molecule has 0 aliphatic heterocycles. The van der Waals surface area contributed by atoms with E-state index in [1.54, 1.807) is 12.5 Å². The minimum Gasteiger partial charge on any atom is -0.254 e. The summed E-state index contributed by atoms with van der Waals surface area (Å²) >= 11 is 0. The van der Waals surface area contributed by atoms with Gasteiger partial charge in [-0.1, -0.05) is 84.9 Å². The van der Waals surface area contributed by atoms with Crippen LogP contribution in [0.4, 0.5) is 0 Å². The summed E-state index contributed by atoms with van der Waals surface area (Å²) in [7, 11) is 0. The van der Waals surface area contributed by atoms with E-state index in [0.717, 1.165) is 38.1 Å². The summed E-state index contributed by atoms with van der Waals surface area (Å²) in [4.78, 5) is 23.5. The van der Waals surface area contributed by atoms with Crippen LogP contribution in [0.25, 0.3) is 77.0 Å². The van der Waals surface area contributed by atoms with Crippen molar-refractivity contribution in [1.82, 2.24) is 24.9 Å². The van der Waals surface area contributed by atoms with E-state index in [4.69, 9.17) is 9.97 Å². The quantitative estimate of drug-likeness (QED) is 0.234. The lowest BCUT2D eigenvalue weighted by Crippen LogP contribution is -1.98. The molecule has 176 valence electrons. The van der Waals surface area contributed by atoms with Crippen LogP contribution in [0.1, 0.15) is 0 Å². The van der Waals surface area contributed by atoms with E-state index in [1.807, 2.05) is 24.3 Å². The number of pyridine rings is 2. The number of fused-ring (bicyclic) bond motifs is 8. The van der Waals surface area contributed by atoms with E-state index in [2.05, 4.69) is 93.8 Å². The summed E-state index contributed by atoms with van der Waals surface area (Å²) in [5, 5.41) is 9.23. The third-order valence-electron chi connectivity index (χ3n) is 7.22. The smallest absolute Gasteiger partial charge is 0.181 e. The number of benzene rings is 5. The largest absolute Gasteiger partial charge is 0.254 e. The molecule has 0 saturated heterocycles. The SMILES string of the molecule is c1ccc2c(c1)ccc1cc(-c3ncnc(-c4ccc5ccc6cccnc6c5n4)n3)c3ccccc3c12.